The van der Waals surface area contributed by atoms with Crippen LogP contribution in [0.1, 0.15) is 12.6 Å². The van der Waals surface area contributed by atoms with Gasteiger partial charge in [-0.1, -0.05) is 0 Å². The molecule has 0 aromatic carbocycles. The largest absolute Gasteiger partial charge is 0.387 e. The van der Waals surface area contributed by atoms with Gasteiger partial charge in [-0.25, -0.2) is 4.68 Å². The van der Waals surface area contributed by atoms with Gasteiger partial charge in [-0.15, -0.1) is 0 Å². The molecule has 0 spiro atoms. The van der Waals surface area contributed by atoms with Gasteiger partial charge in [0.15, 0.2) is 11.9 Å². The molecule has 4 N–H and O–H groups in total. The van der Waals surface area contributed by atoms with E-state index in [1.807, 2.05) is 0 Å². The molecule has 2 aromatic rings. The van der Waals surface area contributed by atoms with E-state index in [4.69, 9.17) is 30.9 Å². The number of ether oxygens (including phenoxy) is 2. The van der Waals surface area contributed by atoms with E-state index in [1.54, 1.807) is 6.20 Å². The van der Waals surface area contributed by atoms with Gasteiger partial charge < -0.3 is 34.4 Å². The van der Waals surface area contributed by atoms with Crippen LogP contribution in [-0.2, 0) is 14.0 Å². The third-order valence-corrected chi connectivity index (χ3v) is 6.49. The normalized spacial score (nSPS) is 33.4. The van der Waals surface area contributed by atoms with Crippen LogP contribution >= 0.6 is 19.2 Å². The van der Waals surface area contributed by atoms with Crippen LogP contribution in [0.4, 0.5) is 5.82 Å². The highest BCUT2D eigenvalue weighted by atomic mass is 35.5. The van der Waals surface area contributed by atoms with Gasteiger partial charge in [0.25, 0.3) is 0 Å². The second-order valence-electron chi connectivity index (χ2n) is 8.01. The Morgan fingerprint density at radius 3 is 2.67 bits per heavy atom. The summed E-state index contributed by atoms with van der Waals surface area (Å²) in [7, 11) is -4.35. The van der Waals surface area contributed by atoms with Gasteiger partial charge in [-0.05, 0) is 29.9 Å². The number of aliphatic hydroxyl groups is 2. The van der Waals surface area contributed by atoms with Crippen molar-refractivity contribution in [1.82, 2.24) is 19.7 Å². The van der Waals surface area contributed by atoms with Crippen LogP contribution in [0.25, 0.3) is 11.0 Å². The summed E-state index contributed by atoms with van der Waals surface area (Å²) in [6.45, 7) is 1.49. The molecule has 2 aliphatic heterocycles. The first-order valence-corrected chi connectivity index (χ1v) is 11.7. The van der Waals surface area contributed by atoms with Crippen LogP contribution in [0.15, 0.2) is 6.20 Å². The Labute approximate surface area is 175 Å². The van der Waals surface area contributed by atoms with Crippen molar-refractivity contribution in [2.24, 2.45) is 11.8 Å². The molecule has 30 heavy (non-hydrogen) atoms. The molecule has 14 heteroatoms. The monoisotopic (exact) mass is 461 g/mol. The van der Waals surface area contributed by atoms with Crippen molar-refractivity contribution in [2.45, 2.75) is 31.0 Å². The fraction of sp³-hybridized carbons (Fsp3) is 0.688. The first kappa shape index (κ1) is 20.5. The summed E-state index contributed by atoms with van der Waals surface area (Å²) in [5, 5.41) is 25.7. The van der Waals surface area contributed by atoms with Crippen LogP contribution in [0.3, 0.4) is 0 Å². The van der Waals surface area contributed by atoms with Crippen LogP contribution in [0, 0.1) is 11.8 Å². The van der Waals surface area contributed by atoms with Crippen LogP contribution in [0.2, 0.25) is 5.28 Å². The number of piperidine rings is 1. The van der Waals surface area contributed by atoms with Crippen molar-refractivity contribution in [3.05, 3.63) is 11.5 Å². The molecule has 2 unspecified atom stereocenters. The van der Waals surface area contributed by atoms with Gasteiger partial charge in [-0.3, -0.25) is 4.57 Å². The second kappa shape index (κ2) is 7.35. The molecule has 164 valence electrons. The first-order chi connectivity index (χ1) is 14.2. The van der Waals surface area contributed by atoms with E-state index in [2.05, 4.69) is 20.0 Å². The maximum Gasteiger partial charge on any atom is 0.350 e. The van der Waals surface area contributed by atoms with Crippen molar-refractivity contribution in [3.63, 3.8) is 0 Å². The summed E-state index contributed by atoms with van der Waals surface area (Å²) >= 11 is 6.15. The lowest BCUT2D eigenvalue weighted by molar-refractivity contribution is -0.0658. The number of aliphatic hydroxyl groups excluding tert-OH is 2. The van der Waals surface area contributed by atoms with Gasteiger partial charge in [0.1, 0.15) is 30.5 Å². The van der Waals surface area contributed by atoms with Crippen LogP contribution in [0.5, 0.6) is 0 Å². The lowest BCUT2D eigenvalue weighted by Gasteiger charge is -2.20. The summed E-state index contributed by atoms with van der Waals surface area (Å²) < 4.78 is 22.9. The Bertz CT molecular complexity index is 1010. The molecular weight excluding hydrogens is 441 g/mol. The van der Waals surface area contributed by atoms with E-state index in [0.29, 0.717) is 28.7 Å². The average molecular weight is 462 g/mol. The number of hydrogen-bond donors (Lipinski definition) is 4. The number of halogens is 1. The zero-order chi connectivity index (χ0) is 21.2. The van der Waals surface area contributed by atoms with E-state index in [1.165, 1.54) is 11.1 Å². The molecule has 1 saturated carbocycles. The Kier molecular flexibility index (Phi) is 5.03. The molecule has 6 atom stereocenters. The lowest BCUT2D eigenvalue weighted by atomic mass is 10.1. The highest BCUT2D eigenvalue weighted by molar-refractivity contribution is 7.51. The zero-order valence-corrected chi connectivity index (χ0v) is 17.3. The number of rotatable bonds is 6. The Hall–Kier alpha value is -1.37. The summed E-state index contributed by atoms with van der Waals surface area (Å²) in [6.07, 6.45) is -2.77. The van der Waals surface area contributed by atoms with E-state index in [9.17, 15) is 14.8 Å². The summed E-state index contributed by atoms with van der Waals surface area (Å²) in [5.74, 6) is 2.05. The smallest absolute Gasteiger partial charge is 0.350 e. The first-order valence-electron chi connectivity index (χ1n) is 9.51. The minimum absolute atomic E-state index is 0.0365. The third kappa shape index (κ3) is 3.71. The molecule has 3 fully saturated rings. The van der Waals surface area contributed by atoms with Crippen molar-refractivity contribution < 1.29 is 34.0 Å². The van der Waals surface area contributed by atoms with Gasteiger partial charge >= 0.3 is 7.60 Å². The molecule has 0 bridgehead atoms. The summed E-state index contributed by atoms with van der Waals surface area (Å²) in [6, 6.07) is 0. The van der Waals surface area contributed by atoms with E-state index in [-0.39, 0.29) is 11.9 Å². The minimum atomic E-state index is -4.35. The molecule has 12 nitrogen and oxygen atoms in total. The summed E-state index contributed by atoms with van der Waals surface area (Å²) in [4.78, 5) is 28.5. The van der Waals surface area contributed by atoms with Crippen LogP contribution in [-0.4, -0.2) is 84.1 Å². The number of anilines is 1. The van der Waals surface area contributed by atoms with E-state index < -0.39 is 38.5 Å². The molecule has 2 aromatic heterocycles. The third-order valence-electron chi connectivity index (χ3n) is 5.80. The minimum Gasteiger partial charge on any atom is -0.387 e. The fourth-order valence-corrected chi connectivity index (χ4v) is 4.74. The fourth-order valence-electron chi connectivity index (χ4n) is 4.24. The highest BCUT2D eigenvalue weighted by Crippen LogP contribution is 2.47. The van der Waals surface area contributed by atoms with Gasteiger partial charge in [0.2, 0.25) is 5.28 Å². The Balaban J connectivity index is 1.39. The number of fused-ring (bicyclic) bond motifs is 2. The molecule has 3 aliphatic rings. The molecule has 1 aliphatic carbocycles. The van der Waals surface area contributed by atoms with Crippen molar-refractivity contribution in [3.8, 4) is 0 Å². The average Bonchev–Trinajstić information content (AvgIpc) is 2.99. The van der Waals surface area contributed by atoms with Crippen molar-refractivity contribution >= 4 is 36.0 Å². The van der Waals surface area contributed by atoms with Crippen molar-refractivity contribution in [1.29, 1.82) is 0 Å². The van der Waals surface area contributed by atoms with E-state index in [0.717, 1.165) is 13.1 Å². The van der Waals surface area contributed by atoms with Gasteiger partial charge in [0.05, 0.1) is 18.2 Å². The quantitative estimate of drug-likeness (QED) is 0.330. The van der Waals surface area contributed by atoms with Gasteiger partial charge in [0, 0.05) is 13.1 Å². The SMILES string of the molecule is O=P(O)(O)COC[C@H]1O[C@@H](n2ncc3c(N4CC5CC5C4)nc(Cl)nc32)[C@H](O)[C@@H]1O. The molecule has 0 amide bonds. The molecule has 5 rings (SSSR count). The topological polar surface area (TPSA) is 163 Å². The molecule has 0 radical (unpaired) electrons. The standard InChI is InChI=1S/C16H21ClN5O7P/c17-16-19-13(21-3-7-1-8(7)4-21)9-2-18-22(14(9)20-16)15-12(24)11(23)10(29-15)5-28-6-30(25,26)27/h2,7-8,10-12,15,23-24H,1,3-6H2,(H2,25,26,27)/t7?,8?,10-,11-,12-,15-/m1/s1. The maximum absolute atomic E-state index is 10.9. The predicted molar refractivity (Wildman–Crippen MR) is 103 cm³/mol. The zero-order valence-electron chi connectivity index (χ0n) is 15.7. The maximum atomic E-state index is 10.9. The predicted octanol–water partition coefficient (Wildman–Crippen LogP) is -0.293. The molecule has 4 heterocycles. The van der Waals surface area contributed by atoms with Gasteiger partial charge in [-0.2, -0.15) is 15.1 Å². The highest BCUT2D eigenvalue weighted by Gasteiger charge is 2.47. The number of aromatic nitrogens is 4. The lowest BCUT2D eigenvalue weighted by Crippen LogP contribution is -2.34. The number of hydrogen-bond acceptors (Lipinski definition) is 9. The molecular formula is C16H21ClN5O7P. The second-order valence-corrected chi connectivity index (χ2v) is 9.94. The number of nitrogens with zero attached hydrogens (tertiary/aromatic N) is 5. The Morgan fingerprint density at radius 2 is 1.97 bits per heavy atom. The Morgan fingerprint density at radius 1 is 1.23 bits per heavy atom. The molecule has 2 saturated heterocycles. The summed E-state index contributed by atoms with van der Waals surface area (Å²) in [5.41, 5.74) is 0.360. The van der Waals surface area contributed by atoms with Crippen LogP contribution < -0.4 is 4.90 Å². The van der Waals surface area contributed by atoms with Crippen molar-refractivity contribution in [2.75, 3.05) is 30.9 Å². The van der Waals surface area contributed by atoms with E-state index >= 15 is 0 Å².